The molecule has 1 N–H and O–H groups in total. The summed E-state index contributed by atoms with van der Waals surface area (Å²) in [6.07, 6.45) is -1.09. The summed E-state index contributed by atoms with van der Waals surface area (Å²) >= 11 is 0. The van der Waals surface area contributed by atoms with Crippen molar-refractivity contribution in [3.8, 4) is 0 Å². The summed E-state index contributed by atoms with van der Waals surface area (Å²) in [7, 11) is 2.97. The molecule has 0 atom stereocenters. The van der Waals surface area contributed by atoms with E-state index in [1.165, 1.54) is 6.92 Å². The molecule has 1 radical (unpaired) electrons. The lowest BCUT2D eigenvalue weighted by atomic mass is 10.2. The molecule has 0 saturated heterocycles. The van der Waals surface area contributed by atoms with Gasteiger partial charge < -0.3 is 5.32 Å². The van der Waals surface area contributed by atoms with E-state index in [4.69, 9.17) is 0 Å². The summed E-state index contributed by atoms with van der Waals surface area (Å²) in [4.78, 5) is 10.3. The largest absolute Gasteiger partial charge is 0.354 e. The molecule has 4 heteroatoms. The van der Waals surface area contributed by atoms with Gasteiger partial charge >= 0.3 is 0 Å². The van der Waals surface area contributed by atoms with Gasteiger partial charge in [-0.05, 0) is 0 Å². The van der Waals surface area contributed by atoms with Gasteiger partial charge in [-0.3, -0.25) is 4.79 Å². The zero-order valence-electron chi connectivity index (χ0n) is 5.79. The Morgan fingerprint density at radius 2 is 2.20 bits per heavy atom. The third kappa shape index (κ3) is 3.37. The molecule has 0 saturated carbocycles. The molecule has 2 nitrogen and oxygen atoms in total. The van der Waals surface area contributed by atoms with Gasteiger partial charge in [0.1, 0.15) is 0 Å². The van der Waals surface area contributed by atoms with Gasteiger partial charge in [-0.25, -0.2) is 8.78 Å². The molecule has 0 bridgehead atoms. The first-order chi connectivity index (χ1) is 4.52. The first kappa shape index (κ1) is 9.33. The Morgan fingerprint density at radius 1 is 1.70 bits per heavy atom. The number of carbonyl (C=O) groups is 1. The second-order valence-electron chi connectivity index (χ2n) is 1.99. The highest BCUT2D eigenvalue weighted by Crippen LogP contribution is 2.21. The van der Waals surface area contributed by atoms with Crippen LogP contribution in [0.25, 0.3) is 0 Å². The lowest BCUT2D eigenvalue weighted by Crippen LogP contribution is -2.26. The van der Waals surface area contributed by atoms with E-state index in [1.807, 2.05) is 5.32 Å². The maximum Gasteiger partial charge on any atom is 0.256 e. The first-order valence-corrected chi connectivity index (χ1v) is 2.95. The van der Waals surface area contributed by atoms with Gasteiger partial charge in [-0.1, -0.05) is 6.92 Å². The lowest BCUT2D eigenvalue weighted by Gasteiger charge is -2.11. The fourth-order valence-electron chi connectivity index (χ4n) is 0.422. The molecule has 0 aromatic rings. The van der Waals surface area contributed by atoms with Crippen molar-refractivity contribution >= 4 is 5.91 Å². The molecule has 0 spiro atoms. The molecule has 0 unspecified atom stereocenters. The molecule has 0 rings (SSSR count). The fraction of sp³-hybridized carbons (Fsp3) is 0.667. The van der Waals surface area contributed by atoms with Crippen LogP contribution in [0.15, 0.2) is 0 Å². The highest BCUT2D eigenvalue weighted by atomic mass is 19.3. The van der Waals surface area contributed by atoms with E-state index in [2.05, 4.69) is 7.05 Å². The Bertz CT molecular complexity index is 125. The van der Waals surface area contributed by atoms with E-state index in [9.17, 15) is 13.6 Å². The summed E-state index contributed by atoms with van der Waals surface area (Å²) in [5.41, 5.74) is 0. The molecular weight excluding hydrogens is 140 g/mol. The van der Waals surface area contributed by atoms with Crippen LogP contribution in [-0.2, 0) is 4.79 Å². The third-order valence-electron chi connectivity index (χ3n) is 1.13. The number of amides is 1. The van der Waals surface area contributed by atoms with Gasteiger partial charge in [-0.15, -0.1) is 0 Å². The molecule has 0 fully saturated rings. The zero-order valence-corrected chi connectivity index (χ0v) is 5.79. The van der Waals surface area contributed by atoms with Crippen LogP contribution in [0.5, 0.6) is 0 Å². The summed E-state index contributed by atoms with van der Waals surface area (Å²) in [6, 6.07) is 0. The van der Waals surface area contributed by atoms with Crippen molar-refractivity contribution in [2.24, 2.45) is 0 Å². The molecule has 0 heterocycles. The van der Waals surface area contributed by atoms with Gasteiger partial charge in [0.25, 0.3) is 5.92 Å². The SMILES string of the molecule is [CH2]NC(=O)CC(F)(F)CC. The van der Waals surface area contributed by atoms with E-state index in [-0.39, 0.29) is 6.42 Å². The van der Waals surface area contributed by atoms with E-state index < -0.39 is 18.3 Å². The molecule has 0 aliphatic rings. The average molecular weight is 150 g/mol. The summed E-state index contributed by atoms with van der Waals surface area (Å²) in [5, 5.41) is 1.89. The van der Waals surface area contributed by atoms with Gasteiger partial charge in [0.2, 0.25) is 5.91 Å². The van der Waals surface area contributed by atoms with Gasteiger partial charge in [0.05, 0.1) is 6.42 Å². The Kier molecular flexibility index (Phi) is 3.25. The van der Waals surface area contributed by atoms with Crippen molar-refractivity contribution < 1.29 is 13.6 Å². The molecule has 0 aromatic heterocycles. The van der Waals surface area contributed by atoms with Crippen molar-refractivity contribution in [2.75, 3.05) is 0 Å². The maximum atomic E-state index is 12.3. The minimum Gasteiger partial charge on any atom is -0.354 e. The molecule has 10 heavy (non-hydrogen) atoms. The zero-order chi connectivity index (χ0) is 8.20. The molecule has 0 aliphatic carbocycles. The van der Waals surface area contributed by atoms with Crippen LogP contribution in [0.1, 0.15) is 19.8 Å². The van der Waals surface area contributed by atoms with Crippen LogP contribution >= 0.6 is 0 Å². The average Bonchev–Trinajstić information content (AvgIpc) is 1.87. The number of carbonyl (C=O) groups excluding carboxylic acids is 1. The topological polar surface area (TPSA) is 29.1 Å². The van der Waals surface area contributed by atoms with Gasteiger partial charge in [0.15, 0.2) is 0 Å². The molecule has 0 aromatic carbocycles. The molecular formula is C6H10F2NO. The van der Waals surface area contributed by atoms with Crippen molar-refractivity contribution in [2.45, 2.75) is 25.7 Å². The smallest absolute Gasteiger partial charge is 0.256 e. The van der Waals surface area contributed by atoms with Crippen LogP contribution < -0.4 is 5.32 Å². The number of hydrogen-bond acceptors (Lipinski definition) is 1. The quantitative estimate of drug-likeness (QED) is 0.646. The van der Waals surface area contributed by atoms with Crippen molar-refractivity contribution in [3.63, 3.8) is 0 Å². The minimum atomic E-state index is -2.89. The van der Waals surface area contributed by atoms with Crippen molar-refractivity contribution in [3.05, 3.63) is 7.05 Å². The van der Waals surface area contributed by atoms with E-state index in [0.717, 1.165) is 0 Å². The molecule has 59 valence electrons. The number of halogens is 2. The fourth-order valence-corrected chi connectivity index (χ4v) is 0.422. The Balaban J connectivity index is 3.76. The Hall–Kier alpha value is -0.670. The highest BCUT2D eigenvalue weighted by molar-refractivity contribution is 5.76. The lowest BCUT2D eigenvalue weighted by molar-refractivity contribution is -0.127. The van der Waals surface area contributed by atoms with Crippen molar-refractivity contribution in [1.29, 1.82) is 0 Å². The number of rotatable bonds is 3. The Morgan fingerprint density at radius 3 is 2.50 bits per heavy atom. The third-order valence-corrected chi connectivity index (χ3v) is 1.13. The van der Waals surface area contributed by atoms with Gasteiger partial charge in [0, 0.05) is 13.5 Å². The maximum absolute atomic E-state index is 12.3. The Labute approximate surface area is 58.6 Å². The van der Waals surface area contributed by atoms with E-state index in [1.54, 1.807) is 0 Å². The van der Waals surface area contributed by atoms with Gasteiger partial charge in [-0.2, -0.15) is 0 Å². The van der Waals surface area contributed by atoms with Crippen LogP contribution in [0, 0.1) is 7.05 Å². The summed E-state index contributed by atoms with van der Waals surface area (Å²) < 4.78 is 24.6. The monoisotopic (exact) mass is 150 g/mol. The second kappa shape index (κ2) is 3.49. The highest BCUT2D eigenvalue weighted by Gasteiger charge is 2.28. The van der Waals surface area contributed by atoms with Crippen LogP contribution in [0.3, 0.4) is 0 Å². The standard InChI is InChI=1S/C6H10F2NO/c1-3-6(7,8)4-5(10)9-2/h2-4H2,1H3,(H,9,10). The number of nitrogens with one attached hydrogen (secondary N) is 1. The second-order valence-corrected chi connectivity index (χ2v) is 1.99. The minimum absolute atomic E-state index is 0.319. The summed E-state index contributed by atoms with van der Waals surface area (Å²) in [5.74, 6) is -3.62. The van der Waals surface area contributed by atoms with Crippen LogP contribution in [0.2, 0.25) is 0 Å². The predicted octanol–water partition coefficient (Wildman–Crippen LogP) is 1.33. The first-order valence-electron chi connectivity index (χ1n) is 2.95. The number of alkyl halides is 2. The van der Waals surface area contributed by atoms with E-state index >= 15 is 0 Å². The number of hydrogen-bond donors (Lipinski definition) is 1. The van der Waals surface area contributed by atoms with Crippen molar-refractivity contribution in [1.82, 2.24) is 5.32 Å². The molecule has 0 aliphatic heterocycles. The summed E-state index contributed by atoms with van der Waals surface area (Å²) in [6.45, 7) is 1.33. The van der Waals surface area contributed by atoms with E-state index in [0.29, 0.717) is 0 Å². The van der Waals surface area contributed by atoms with Crippen LogP contribution in [-0.4, -0.2) is 11.8 Å². The predicted molar refractivity (Wildman–Crippen MR) is 33.4 cm³/mol. The van der Waals surface area contributed by atoms with Crippen LogP contribution in [0.4, 0.5) is 8.78 Å². The molecule has 1 amide bonds. The normalized spacial score (nSPS) is 11.2.